The van der Waals surface area contributed by atoms with Gasteiger partial charge in [0.15, 0.2) is 0 Å². The summed E-state index contributed by atoms with van der Waals surface area (Å²) in [6.45, 7) is 3.14. The Morgan fingerprint density at radius 3 is 2.20 bits per heavy atom. The van der Waals surface area contributed by atoms with Crippen LogP contribution in [0.25, 0.3) is 11.1 Å². The zero-order valence-electron chi connectivity index (χ0n) is 19.3. The third-order valence-corrected chi connectivity index (χ3v) is 6.22. The average Bonchev–Trinajstić information content (AvgIpc) is 3.17. The maximum atomic E-state index is 14.0. The number of carbonyl (C=O) groups is 3. The molecule has 1 aliphatic rings. The quantitative estimate of drug-likeness (QED) is 0.493. The number of aliphatic carboxylic acids is 1. The van der Waals surface area contributed by atoms with E-state index in [1.807, 2.05) is 48.5 Å². The Kier molecular flexibility index (Phi) is 6.82. The van der Waals surface area contributed by atoms with Crippen LogP contribution >= 0.6 is 0 Å². The molecule has 0 aliphatic heterocycles. The van der Waals surface area contributed by atoms with Gasteiger partial charge in [-0.3, -0.25) is 10.1 Å². The molecule has 35 heavy (non-hydrogen) atoms. The van der Waals surface area contributed by atoms with Gasteiger partial charge in [-0.05, 0) is 54.3 Å². The number of halogens is 1. The fourth-order valence-corrected chi connectivity index (χ4v) is 4.43. The molecule has 1 aliphatic carbocycles. The first-order valence-corrected chi connectivity index (χ1v) is 11.3. The zero-order chi connectivity index (χ0) is 25.1. The SMILES string of the molecule is CCN(C(=O)c1cc(F)ccc1NC(=O)OCC1c2ccccc2-c2ccccc21)C(C)C(=O)O. The van der Waals surface area contributed by atoms with Crippen LogP contribution in [0, 0.1) is 5.82 Å². The molecule has 0 heterocycles. The van der Waals surface area contributed by atoms with Gasteiger partial charge in [-0.25, -0.2) is 14.0 Å². The van der Waals surface area contributed by atoms with E-state index in [9.17, 15) is 23.9 Å². The first-order valence-electron chi connectivity index (χ1n) is 11.3. The van der Waals surface area contributed by atoms with E-state index in [0.717, 1.165) is 39.3 Å². The molecular weight excluding hydrogens is 451 g/mol. The molecule has 2 amide bonds. The van der Waals surface area contributed by atoms with Crippen LogP contribution in [0.1, 0.15) is 41.3 Å². The lowest BCUT2D eigenvalue weighted by atomic mass is 9.98. The van der Waals surface area contributed by atoms with Gasteiger partial charge in [0.25, 0.3) is 5.91 Å². The van der Waals surface area contributed by atoms with Gasteiger partial charge in [0.05, 0.1) is 11.3 Å². The molecule has 8 heteroatoms. The molecular formula is C27H25FN2O5. The van der Waals surface area contributed by atoms with Crippen molar-refractivity contribution in [2.75, 3.05) is 18.5 Å². The van der Waals surface area contributed by atoms with Crippen molar-refractivity contribution in [1.29, 1.82) is 0 Å². The van der Waals surface area contributed by atoms with E-state index in [4.69, 9.17) is 4.74 Å². The Morgan fingerprint density at radius 2 is 1.63 bits per heavy atom. The summed E-state index contributed by atoms with van der Waals surface area (Å²) in [5.41, 5.74) is 4.17. The second-order valence-electron chi connectivity index (χ2n) is 8.25. The molecule has 0 saturated carbocycles. The normalized spacial score (nSPS) is 12.9. The van der Waals surface area contributed by atoms with E-state index in [-0.39, 0.29) is 30.3 Å². The van der Waals surface area contributed by atoms with E-state index in [0.29, 0.717) is 0 Å². The lowest BCUT2D eigenvalue weighted by Crippen LogP contribution is -2.43. The fourth-order valence-electron chi connectivity index (χ4n) is 4.43. The zero-order valence-corrected chi connectivity index (χ0v) is 19.3. The van der Waals surface area contributed by atoms with E-state index in [1.165, 1.54) is 13.0 Å². The summed E-state index contributed by atoms with van der Waals surface area (Å²) in [6.07, 6.45) is -0.804. The van der Waals surface area contributed by atoms with Gasteiger partial charge in [0.2, 0.25) is 0 Å². The van der Waals surface area contributed by atoms with Gasteiger partial charge in [-0.2, -0.15) is 0 Å². The summed E-state index contributed by atoms with van der Waals surface area (Å²) in [4.78, 5) is 38.2. The number of nitrogens with zero attached hydrogens (tertiary/aromatic N) is 1. The molecule has 1 unspecified atom stereocenters. The molecule has 3 aromatic rings. The minimum Gasteiger partial charge on any atom is -0.480 e. The molecule has 0 saturated heterocycles. The van der Waals surface area contributed by atoms with Gasteiger partial charge in [0, 0.05) is 12.5 Å². The average molecular weight is 477 g/mol. The van der Waals surface area contributed by atoms with Crippen LogP contribution in [0.15, 0.2) is 66.7 Å². The minimum atomic E-state index is -1.19. The van der Waals surface area contributed by atoms with E-state index in [1.54, 1.807) is 6.92 Å². The lowest BCUT2D eigenvalue weighted by Gasteiger charge is -2.26. The Bertz CT molecular complexity index is 1250. The molecule has 1 atom stereocenters. The second kappa shape index (κ2) is 9.97. The lowest BCUT2D eigenvalue weighted by molar-refractivity contribution is -0.141. The number of fused-ring (bicyclic) bond motifs is 3. The van der Waals surface area contributed by atoms with Crippen LogP contribution in [-0.4, -0.2) is 47.2 Å². The van der Waals surface area contributed by atoms with Crippen molar-refractivity contribution in [3.05, 3.63) is 89.2 Å². The number of hydrogen-bond donors (Lipinski definition) is 2. The highest BCUT2D eigenvalue weighted by Gasteiger charge is 2.30. The molecule has 7 nitrogen and oxygen atoms in total. The van der Waals surface area contributed by atoms with Crippen molar-refractivity contribution in [3.8, 4) is 11.1 Å². The molecule has 0 radical (unpaired) electrons. The summed E-state index contributed by atoms with van der Waals surface area (Å²) < 4.78 is 19.5. The predicted molar refractivity (Wildman–Crippen MR) is 129 cm³/mol. The first-order chi connectivity index (χ1) is 16.8. The smallest absolute Gasteiger partial charge is 0.411 e. The maximum absolute atomic E-state index is 14.0. The number of anilines is 1. The number of carboxylic acid groups (broad SMARTS) is 1. The molecule has 4 rings (SSSR count). The van der Waals surface area contributed by atoms with Crippen LogP contribution in [0.2, 0.25) is 0 Å². The molecule has 180 valence electrons. The highest BCUT2D eigenvalue weighted by molar-refractivity contribution is 6.03. The summed E-state index contributed by atoms with van der Waals surface area (Å²) in [6, 6.07) is 18.1. The standard InChI is InChI=1S/C27H25FN2O5/c1-3-30(16(2)26(32)33)25(31)22-14-17(28)12-13-24(22)29-27(34)35-15-23-20-10-6-4-8-18(20)19-9-5-7-11-21(19)23/h4-14,16,23H,3,15H2,1-2H3,(H,29,34)(H,32,33). The molecule has 2 N–H and O–H groups in total. The largest absolute Gasteiger partial charge is 0.480 e. The Hall–Kier alpha value is -4.20. The third-order valence-electron chi connectivity index (χ3n) is 6.22. The Balaban J connectivity index is 1.52. The van der Waals surface area contributed by atoms with Crippen molar-refractivity contribution < 1.29 is 28.6 Å². The molecule has 0 spiro atoms. The second-order valence-corrected chi connectivity index (χ2v) is 8.25. The number of nitrogens with one attached hydrogen (secondary N) is 1. The highest BCUT2D eigenvalue weighted by Crippen LogP contribution is 2.44. The number of carbonyl (C=O) groups excluding carboxylic acids is 2. The monoisotopic (exact) mass is 476 g/mol. The van der Waals surface area contributed by atoms with Crippen molar-refractivity contribution in [2.45, 2.75) is 25.8 Å². The molecule has 0 fully saturated rings. The minimum absolute atomic E-state index is 0.0321. The molecule has 0 bridgehead atoms. The van der Waals surface area contributed by atoms with Crippen LogP contribution in [0.5, 0.6) is 0 Å². The number of amides is 2. The Labute approximate surface area is 202 Å². The number of ether oxygens (including phenoxy) is 1. The first kappa shape index (κ1) is 23.9. The van der Waals surface area contributed by atoms with Crippen LogP contribution in [-0.2, 0) is 9.53 Å². The number of carboxylic acids is 1. The summed E-state index contributed by atoms with van der Waals surface area (Å²) in [5, 5.41) is 11.8. The number of rotatable bonds is 7. The van der Waals surface area contributed by atoms with E-state index < -0.39 is 29.8 Å². The molecule has 0 aromatic heterocycles. The third kappa shape index (κ3) is 4.73. The maximum Gasteiger partial charge on any atom is 0.411 e. The van der Waals surface area contributed by atoms with Gasteiger partial charge in [-0.15, -0.1) is 0 Å². The van der Waals surface area contributed by atoms with E-state index in [2.05, 4.69) is 5.32 Å². The van der Waals surface area contributed by atoms with Crippen LogP contribution in [0.3, 0.4) is 0 Å². The summed E-state index contributed by atoms with van der Waals surface area (Å²) in [7, 11) is 0. The van der Waals surface area contributed by atoms with Crippen molar-refractivity contribution in [3.63, 3.8) is 0 Å². The summed E-state index contributed by atoms with van der Waals surface area (Å²) in [5.74, 6) is -2.74. The van der Waals surface area contributed by atoms with Gasteiger partial charge < -0.3 is 14.7 Å². The van der Waals surface area contributed by atoms with Gasteiger partial charge in [0.1, 0.15) is 18.5 Å². The highest BCUT2D eigenvalue weighted by atomic mass is 19.1. The molecule has 3 aromatic carbocycles. The van der Waals surface area contributed by atoms with Gasteiger partial charge >= 0.3 is 12.1 Å². The number of benzene rings is 3. The van der Waals surface area contributed by atoms with Crippen LogP contribution < -0.4 is 5.32 Å². The van der Waals surface area contributed by atoms with Crippen molar-refractivity contribution >= 4 is 23.7 Å². The number of hydrogen-bond acceptors (Lipinski definition) is 4. The van der Waals surface area contributed by atoms with E-state index >= 15 is 0 Å². The Morgan fingerprint density at radius 1 is 1.03 bits per heavy atom. The topological polar surface area (TPSA) is 95.9 Å². The van der Waals surface area contributed by atoms with Crippen molar-refractivity contribution in [2.24, 2.45) is 0 Å². The van der Waals surface area contributed by atoms with Crippen LogP contribution in [0.4, 0.5) is 14.9 Å². The predicted octanol–water partition coefficient (Wildman–Crippen LogP) is 5.12. The van der Waals surface area contributed by atoms with Gasteiger partial charge in [-0.1, -0.05) is 48.5 Å². The fraction of sp³-hybridized carbons (Fsp3) is 0.222. The number of likely N-dealkylation sites (N-methyl/N-ethyl adjacent to an activating group) is 1. The summed E-state index contributed by atoms with van der Waals surface area (Å²) >= 11 is 0. The van der Waals surface area contributed by atoms with Crippen molar-refractivity contribution in [1.82, 2.24) is 4.90 Å².